The first-order valence-electron chi connectivity index (χ1n) is 8.43. The molecule has 1 fully saturated rings. The molecule has 7 heteroatoms. The molecule has 0 amide bonds. The Hall–Kier alpha value is -2.22. The standard InChI is InChI=1S/C19H24O7/c1-11(14(22)10-21)18(23)25-15-7-5-3-4-6-13(9-20)8-16-17(15)12(2)19(24)26-16/h3,5,8,14-17,20-22H,1-2,4,6-7,9-10H2/b5-3+,13-8-/t14-,15+,16-,17-/m1/s1. The molecule has 26 heavy (non-hydrogen) atoms. The van der Waals surface area contributed by atoms with E-state index in [1.54, 1.807) is 6.08 Å². The number of ether oxygens (including phenoxy) is 2. The first kappa shape index (κ1) is 20.1. The molecular weight excluding hydrogens is 340 g/mol. The normalized spacial score (nSPS) is 30.4. The zero-order valence-electron chi connectivity index (χ0n) is 14.5. The molecule has 3 N–H and O–H groups in total. The van der Waals surface area contributed by atoms with Crippen LogP contribution in [-0.2, 0) is 19.1 Å². The maximum Gasteiger partial charge on any atom is 0.336 e. The summed E-state index contributed by atoms with van der Waals surface area (Å²) in [7, 11) is 0. The average molecular weight is 364 g/mol. The summed E-state index contributed by atoms with van der Waals surface area (Å²) in [6.45, 7) is 6.39. The molecule has 7 nitrogen and oxygen atoms in total. The second kappa shape index (κ2) is 8.93. The van der Waals surface area contributed by atoms with E-state index in [1.807, 2.05) is 12.2 Å². The van der Waals surface area contributed by atoms with Gasteiger partial charge in [-0.15, -0.1) is 0 Å². The maximum absolute atomic E-state index is 12.2. The van der Waals surface area contributed by atoms with E-state index in [4.69, 9.17) is 14.6 Å². The van der Waals surface area contributed by atoms with Crippen LogP contribution in [0.15, 0.2) is 48.1 Å². The van der Waals surface area contributed by atoms with Gasteiger partial charge in [-0.1, -0.05) is 25.3 Å². The third-order valence-electron chi connectivity index (χ3n) is 4.53. The van der Waals surface area contributed by atoms with Crippen LogP contribution in [-0.4, -0.2) is 58.8 Å². The van der Waals surface area contributed by atoms with Crippen LogP contribution < -0.4 is 0 Å². The minimum atomic E-state index is -1.42. The van der Waals surface area contributed by atoms with E-state index in [9.17, 15) is 19.8 Å². The van der Waals surface area contributed by atoms with Gasteiger partial charge in [-0.05, 0) is 24.5 Å². The number of hydrogen-bond acceptors (Lipinski definition) is 7. The highest BCUT2D eigenvalue weighted by Gasteiger charge is 2.44. The van der Waals surface area contributed by atoms with Gasteiger partial charge in [0.15, 0.2) is 0 Å². The van der Waals surface area contributed by atoms with Crippen LogP contribution in [0.5, 0.6) is 0 Å². The number of carbonyl (C=O) groups is 2. The van der Waals surface area contributed by atoms with Crippen LogP contribution in [0.25, 0.3) is 0 Å². The summed E-state index contributed by atoms with van der Waals surface area (Å²) in [5.74, 6) is -2.05. The predicted molar refractivity (Wildman–Crippen MR) is 92.8 cm³/mol. The van der Waals surface area contributed by atoms with E-state index in [-0.39, 0.29) is 17.8 Å². The van der Waals surface area contributed by atoms with Gasteiger partial charge in [-0.2, -0.15) is 0 Å². The number of hydrogen-bond donors (Lipinski definition) is 3. The van der Waals surface area contributed by atoms with Crippen LogP contribution in [0.4, 0.5) is 0 Å². The lowest BCUT2D eigenvalue weighted by atomic mass is 9.87. The van der Waals surface area contributed by atoms with Crippen molar-refractivity contribution in [1.29, 1.82) is 0 Å². The molecule has 1 aliphatic carbocycles. The van der Waals surface area contributed by atoms with Crippen molar-refractivity contribution in [3.05, 3.63) is 48.1 Å². The Bertz CT molecular complexity index is 646. The lowest BCUT2D eigenvalue weighted by Gasteiger charge is -2.26. The monoisotopic (exact) mass is 364 g/mol. The van der Waals surface area contributed by atoms with E-state index >= 15 is 0 Å². The van der Waals surface area contributed by atoms with Crippen LogP contribution in [0.1, 0.15) is 19.3 Å². The molecule has 1 heterocycles. The number of aliphatic hydroxyl groups excluding tert-OH is 3. The van der Waals surface area contributed by atoms with Crippen LogP contribution in [0.2, 0.25) is 0 Å². The summed E-state index contributed by atoms with van der Waals surface area (Å²) in [6.07, 6.45) is 4.18. The third-order valence-corrected chi connectivity index (χ3v) is 4.53. The quantitative estimate of drug-likeness (QED) is 0.371. The molecule has 0 aromatic heterocycles. The molecule has 0 aromatic carbocycles. The highest BCUT2D eigenvalue weighted by Crippen LogP contribution is 2.35. The number of carbonyl (C=O) groups excluding carboxylic acids is 2. The van der Waals surface area contributed by atoms with Crippen molar-refractivity contribution >= 4 is 11.9 Å². The molecule has 2 rings (SSSR count). The van der Waals surface area contributed by atoms with Crippen molar-refractivity contribution in [2.75, 3.05) is 13.2 Å². The van der Waals surface area contributed by atoms with Gasteiger partial charge in [-0.3, -0.25) is 0 Å². The minimum Gasteiger partial charge on any atom is -0.458 e. The summed E-state index contributed by atoms with van der Waals surface area (Å²) in [6, 6.07) is 0. The zero-order valence-corrected chi connectivity index (χ0v) is 14.5. The Labute approximate surface area is 151 Å². The molecule has 1 saturated heterocycles. The molecule has 0 radical (unpaired) electrons. The van der Waals surface area contributed by atoms with Crippen molar-refractivity contribution in [2.24, 2.45) is 5.92 Å². The van der Waals surface area contributed by atoms with Gasteiger partial charge in [0, 0.05) is 12.0 Å². The molecule has 0 unspecified atom stereocenters. The fraction of sp³-hybridized carbons (Fsp3) is 0.474. The predicted octanol–water partition coefficient (Wildman–Crippen LogP) is 0.564. The van der Waals surface area contributed by atoms with Crippen molar-refractivity contribution < 1.29 is 34.4 Å². The summed E-state index contributed by atoms with van der Waals surface area (Å²) in [5, 5.41) is 28.0. The molecule has 0 aromatic rings. The Morgan fingerprint density at radius 2 is 2.12 bits per heavy atom. The topological polar surface area (TPSA) is 113 Å². The van der Waals surface area contributed by atoms with Gasteiger partial charge >= 0.3 is 11.9 Å². The van der Waals surface area contributed by atoms with E-state index in [1.165, 1.54) is 0 Å². The third kappa shape index (κ3) is 4.49. The molecule has 2 aliphatic rings. The van der Waals surface area contributed by atoms with Crippen molar-refractivity contribution in [1.82, 2.24) is 0 Å². The highest BCUT2D eigenvalue weighted by atomic mass is 16.6. The van der Waals surface area contributed by atoms with E-state index < -0.39 is 42.8 Å². The van der Waals surface area contributed by atoms with Crippen molar-refractivity contribution in [2.45, 2.75) is 37.6 Å². The van der Waals surface area contributed by atoms with E-state index in [2.05, 4.69) is 13.2 Å². The molecule has 4 atom stereocenters. The average Bonchev–Trinajstić information content (AvgIpc) is 2.91. The fourth-order valence-electron chi connectivity index (χ4n) is 2.97. The lowest BCUT2D eigenvalue weighted by Crippen LogP contribution is -2.34. The maximum atomic E-state index is 12.2. The Morgan fingerprint density at radius 1 is 1.38 bits per heavy atom. The van der Waals surface area contributed by atoms with Crippen molar-refractivity contribution in [3.8, 4) is 0 Å². The van der Waals surface area contributed by atoms with Gasteiger partial charge in [0.2, 0.25) is 0 Å². The molecule has 1 aliphatic heterocycles. The molecule has 142 valence electrons. The Kier molecular flexibility index (Phi) is 6.90. The second-order valence-corrected chi connectivity index (χ2v) is 6.32. The molecule has 0 spiro atoms. The van der Waals surface area contributed by atoms with E-state index in [0.717, 1.165) is 5.57 Å². The molecule has 0 bridgehead atoms. The zero-order chi connectivity index (χ0) is 19.3. The van der Waals surface area contributed by atoms with Gasteiger partial charge in [-0.25, -0.2) is 9.59 Å². The van der Waals surface area contributed by atoms with Gasteiger partial charge in [0.05, 0.1) is 24.7 Å². The summed E-state index contributed by atoms with van der Waals surface area (Å²) >= 11 is 0. The fourth-order valence-corrected chi connectivity index (χ4v) is 2.97. The lowest BCUT2D eigenvalue weighted by molar-refractivity contribution is -0.148. The number of aliphatic hydroxyl groups is 3. The summed E-state index contributed by atoms with van der Waals surface area (Å²) in [4.78, 5) is 24.2. The number of fused-ring (bicyclic) bond motifs is 1. The molecular formula is C19H24O7. The smallest absolute Gasteiger partial charge is 0.336 e. The first-order valence-corrected chi connectivity index (χ1v) is 8.43. The Morgan fingerprint density at radius 3 is 2.77 bits per heavy atom. The van der Waals surface area contributed by atoms with Gasteiger partial charge in [0.1, 0.15) is 18.3 Å². The highest BCUT2D eigenvalue weighted by molar-refractivity contribution is 5.92. The van der Waals surface area contributed by atoms with Gasteiger partial charge in [0.25, 0.3) is 0 Å². The Balaban J connectivity index is 2.29. The molecule has 0 saturated carbocycles. The van der Waals surface area contributed by atoms with Gasteiger partial charge < -0.3 is 24.8 Å². The number of esters is 2. The van der Waals surface area contributed by atoms with Crippen LogP contribution in [0.3, 0.4) is 0 Å². The first-order chi connectivity index (χ1) is 12.4. The summed E-state index contributed by atoms with van der Waals surface area (Å²) in [5.41, 5.74) is 0.635. The van der Waals surface area contributed by atoms with Crippen molar-refractivity contribution in [3.63, 3.8) is 0 Å². The second-order valence-electron chi connectivity index (χ2n) is 6.32. The number of rotatable bonds is 5. The number of allylic oxidation sites excluding steroid dienone is 1. The minimum absolute atomic E-state index is 0.162. The SMILES string of the molecule is C=C1C(=O)O[C@@H]2/C=C(\CO)CC/C=C/C[C@H](OC(=O)C(=C)[C@H](O)CO)[C@@H]12. The summed E-state index contributed by atoms with van der Waals surface area (Å²) < 4.78 is 10.8. The van der Waals surface area contributed by atoms with E-state index in [0.29, 0.717) is 19.3 Å². The van der Waals surface area contributed by atoms with Crippen LogP contribution >= 0.6 is 0 Å². The largest absolute Gasteiger partial charge is 0.458 e. The van der Waals surface area contributed by atoms with Crippen LogP contribution in [0, 0.1) is 5.92 Å².